The van der Waals surface area contributed by atoms with Crippen molar-refractivity contribution in [1.29, 1.82) is 0 Å². The van der Waals surface area contributed by atoms with Crippen LogP contribution in [0.1, 0.15) is 48.4 Å². The molecule has 0 N–H and O–H groups in total. The number of benzene rings is 2. The summed E-state index contributed by atoms with van der Waals surface area (Å²) in [5.41, 5.74) is -0.888. The summed E-state index contributed by atoms with van der Waals surface area (Å²) in [6.45, 7) is 1.05. The molecule has 0 aliphatic carbocycles. The Labute approximate surface area is 226 Å². The van der Waals surface area contributed by atoms with Gasteiger partial charge in [-0.3, -0.25) is 29.0 Å². The third-order valence-electron chi connectivity index (χ3n) is 5.21. The van der Waals surface area contributed by atoms with E-state index in [1.54, 1.807) is 0 Å². The summed E-state index contributed by atoms with van der Waals surface area (Å²) in [6, 6.07) is -1.01. The van der Waals surface area contributed by atoms with Gasteiger partial charge in [-0.25, -0.2) is 0 Å². The monoisotopic (exact) mass is 606 g/mol. The molecular formula is C19H6Cl8N2O4. The Balaban J connectivity index is 1.71. The van der Waals surface area contributed by atoms with Gasteiger partial charge >= 0.3 is 0 Å². The minimum Gasteiger partial charge on any atom is -0.272 e. The predicted molar refractivity (Wildman–Crippen MR) is 128 cm³/mol. The van der Waals surface area contributed by atoms with Crippen molar-refractivity contribution in [2.75, 3.05) is 6.54 Å². The molecule has 0 saturated carbocycles. The fraction of sp³-hybridized carbons (Fsp3) is 0.158. The molecular weight excluding hydrogens is 604 g/mol. The second kappa shape index (κ2) is 8.61. The molecule has 33 heavy (non-hydrogen) atoms. The van der Waals surface area contributed by atoms with E-state index in [2.05, 4.69) is 0 Å². The van der Waals surface area contributed by atoms with E-state index in [-0.39, 0.29) is 62.4 Å². The van der Waals surface area contributed by atoms with Gasteiger partial charge in [-0.1, -0.05) is 92.8 Å². The van der Waals surface area contributed by atoms with Crippen molar-refractivity contribution in [3.63, 3.8) is 0 Å². The molecule has 2 aromatic rings. The molecule has 0 fully saturated rings. The van der Waals surface area contributed by atoms with Gasteiger partial charge in [-0.05, 0) is 6.92 Å². The number of halogens is 8. The lowest BCUT2D eigenvalue weighted by molar-refractivity contribution is 0.0492. The van der Waals surface area contributed by atoms with Crippen LogP contribution in [-0.4, -0.2) is 46.0 Å². The summed E-state index contributed by atoms with van der Waals surface area (Å²) in [4.78, 5) is 53.6. The van der Waals surface area contributed by atoms with Crippen LogP contribution in [0.5, 0.6) is 0 Å². The summed E-state index contributed by atoms with van der Waals surface area (Å²) in [5.74, 6) is -3.25. The highest BCUT2D eigenvalue weighted by Gasteiger charge is 2.47. The number of amides is 4. The molecule has 0 saturated heterocycles. The van der Waals surface area contributed by atoms with Gasteiger partial charge in [0.1, 0.15) is 0 Å². The molecule has 0 spiro atoms. The minimum absolute atomic E-state index is 0.184. The second-order valence-corrected chi connectivity index (χ2v) is 10.1. The molecule has 0 bridgehead atoms. The van der Waals surface area contributed by atoms with Crippen LogP contribution in [0.4, 0.5) is 0 Å². The number of rotatable bonds is 3. The SMILES string of the molecule is CC(CN1C(=O)c2c(Cl)c(Cl)c(Cl)c(Cl)c2C1=O)N1C(=O)c2c(Cl)c(Cl)c(Cl)c(Cl)c2C1=O. The summed E-state index contributed by atoms with van der Waals surface area (Å²) < 4.78 is 0. The normalized spacial score (nSPS) is 16.2. The molecule has 2 aliphatic rings. The van der Waals surface area contributed by atoms with E-state index in [1.165, 1.54) is 6.92 Å². The maximum absolute atomic E-state index is 13.0. The van der Waals surface area contributed by atoms with E-state index in [9.17, 15) is 19.2 Å². The van der Waals surface area contributed by atoms with Gasteiger partial charge in [0.25, 0.3) is 23.6 Å². The molecule has 172 valence electrons. The van der Waals surface area contributed by atoms with Gasteiger partial charge < -0.3 is 0 Å². The van der Waals surface area contributed by atoms with Crippen molar-refractivity contribution >= 4 is 116 Å². The van der Waals surface area contributed by atoms with Crippen molar-refractivity contribution in [2.24, 2.45) is 0 Å². The van der Waals surface area contributed by atoms with Gasteiger partial charge in [0, 0.05) is 0 Å². The van der Waals surface area contributed by atoms with Gasteiger partial charge in [0.05, 0.1) is 75.0 Å². The highest BCUT2D eigenvalue weighted by Crippen LogP contribution is 2.47. The zero-order valence-corrected chi connectivity index (χ0v) is 21.9. The average molecular weight is 610 g/mol. The lowest BCUT2D eigenvalue weighted by Crippen LogP contribution is -2.46. The van der Waals surface area contributed by atoms with Crippen LogP contribution < -0.4 is 0 Å². The molecule has 2 aliphatic heterocycles. The van der Waals surface area contributed by atoms with Crippen LogP contribution in [-0.2, 0) is 0 Å². The first-order valence-electron chi connectivity index (χ1n) is 8.78. The zero-order chi connectivity index (χ0) is 24.7. The Morgan fingerprint density at radius 1 is 0.515 bits per heavy atom. The second-order valence-electron chi connectivity index (χ2n) is 7.06. The molecule has 2 aromatic carbocycles. The maximum Gasteiger partial charge on any atom is 0.263 e. The van der Waals surface area contributed by atoms with Crippen molar-refractivity contribution in [3.05, 3.63) is 62.4 Å². The van der Waals surface area contributed by atoms with Crippen molar-refractivity contribution in [3.8, 4) is 0 Å². The number of hydrogen-bond acceptors (Lipinski definition) is 4. The van der Waals surface area contributed by atoms with Crippen LogP contribution in [0.3, 0.4) is 0 Å². The molecule has 0 radical (unpaired) electrons. The Hall–Kier alpha value is -0.960. The molecule has 2 heterocycles. The van der Waals surface area contributed by atoms with E-state index < -0.39 is 36.2 Å². The van der Waals surface area contributed by atoms with E-state index in [1.807, 2.05) is 0 Å². The smallest absolute Gasteiger partial charge is 0.263 e. The first-order chi connectivity index (χ1) is 15.3. The maximum atomic E-state index is 13.0. The largest absolute Gasteiger partial charge is 0.272 e. The summed E-state index contributed by atoms with van der Waals surface area (Å²) in [6.07, 6.45) is 0. The number of fused-ring (bicyclic) bond motifs is 2. The predicted octanol–water partition coefficient (Wildman–Crippen LogP) is 7.19. The quantitative estimate of drug-likeness (QED) is 0.210. The van der Waals surface area contributed by atoms with Crippen LogP contribution in [0.15, 0.2) is 0 Å². The van der Waals surface area contributed by atoms with Crippen molar-refractivity contribution in [1.82, 2.24) is 9.80 Å². The summed E-state index contributed by atoms with van der Waals surface area (Å²) >= 11 is 48.6. The summed E-state index contributed by atoms with van der Waals surface area (Å²) in [5, 5.41) is -1.69. The third-order valence-corrected chi connectivity index (χ3v) is 8.81. The van der Waals surface area contributed by atoms with Gasteiger partial charge in [-0.15, -0.1) is 0 Å². The number of nitrogens with zero attached hydrogens (tertiary/aromatic N) is 2. The van der Waals surface area contributed by atoms with E-state index in [0.717, 1.165) is 9.80 Å². The van der Waals surface area contributed by atoms with Crippen LogP contribution >= 0.6 is 92.8 Å². The highest BCUT2D eigenvalue weighted by atomic mass is 35.5. The van der Waals surface area contributed by atoms with E-state index in [0.29, 0.717) is 0 Å². The lowest BCUT2D eigenvalue weighted by atomic mass is 10.1. The van der Waals surface area contributed by atoms with Crippen LogP contribution in [0, 0.1) is 0 Å². The van der Waals surface area contributed by atoms with Gasteiger partial charge in [-0.2, -0.15) is 0 Å². The van der Waals surface area contributed by atoms with Crippen LogP contribution in [0.2, 0.25) is 40.2 Å². The third kappa shape index (κ3) is 3.46. The Kier molecular flexibility index (Phi) is 6.56. The first-order valence-corrected chi connectivity index (χ1v) is 11.8. The van der Waals surface area contributed by atoms with E-state index >= 15 is 0 Å². The van der Waals surface area contributed by atoms with E-state index in [4.69, 9.17) is 92.8 Å². The molecule has 14 heteroatoms. The number of carbonyl (C=O) groups excluding carboxylic acids is 4. The topological polar surface area (TPSA) is 74.8 Å². The highest BCUT2D eigenvalue weighted by molar-refractivity contribution is 6.56. The lowest BCUT2D eigenvalue weighted by Gasteiger charge is -2.26. The van der Waals surface area contributed by atoms with Crippen molar-refractivity contribution < 1.29 is 19.2 Å². The molecule has 0 aromatic heterocycles. The van der Waals surface area contributed by atoms with Crippen LogP contribution in [0.25, 0.3) is 0 Å². The Morgan fingerprint density at radius 3 is 1.09 bits per heavy atom. The molecule has 6 nitrogen and oxygen atoms in total. The minimum atomic E-state index is -1.01. The molecule has 4 rings (SSSR count). The fourth-order valence-electron chi connectivity index (χ4n) is 3.67. The van der Waals surface area contributed by atoms with Gasteiger partial charge in [0.2, 0.25) is 0 Å². The number of imide groups is 2. The molecule has 4 amide bonds. The fourth-order valence-corrected chi connectivity index (χ4v) is 5.70. The Bertz CT molecular complexity index is 1250. The Morgan fingerprint density at radius 2 is 0.788 bits per heavy atom. The molecule has 1 atom stereocenters. The van der Waals surface area contributed by atoms with Crippen molar-refractivity contribution in [2.45, 2.75) is 13.0 Å². The zero-order valence-electron chi connectivity index (χ0n) is 15.8. The molecule has 1 unspecified atom stereocenters. The number of hydrogen-bond donors (Lipinski definition) is 0. The standard InChI is InChI=1S/C19H6Cl8N2O4/c1-3(29-18(32)6-7(19(29)33)11(23)15(27)14(26)10(6)22)2-28-16(30)4-5(17(28)31)9(21)13(25)12(24)8(4)20/h3H,2H2,1H3. The van der Waals surface area contributed by atoms with Gasteiger partial charge in [0.15, 0.2) is 0 Å². The first kappa shape index (κ1) is 25.1. The average Bonchev–Trinajstić information content (AvgIpc) is 3.17. The summed E-state index contributed by atoms with van der Waals surface area (Å²) in [7, 11) is 0. The number of carbonyl (C=O) groups is 4.